The van der Waals surface area contributed by atoms with Gasteiger partial charge in [0.25, 0.3) is 0 Å². The number of nitrogens with zero attached hydrogens (tertiary/aromatic N) is 4. The number of pyridine rings is 1. The summed E-state index contributed by atoms with van der Waals surface area (Å²) in [5, 5.41) is 18.1. The molecule has 0 bridgehead atoms. The number of aliphatic hydroxyl groups excluding tert-OH is 1. The van der Waals surface area contributed by atoms with Crippen LogP contribution in [0.2, 0.25) is 5.02 Å². The van der Waals surface area contributed by atoms with Gasteiger partial charge < -0.3 is 20.9 Å². The highest BCUT2D eigenvalue weighted by Crippen LogP contribution is 2.34. The Labute approximate surface area is 190 Å². The van der Waals surface area contributed by atoms with Crippen LogP contribution in [0, 0.1) is 5.82 Å². The van der Waals surface area contributed by atoms with Crippen molar-refractivity contribution < 1.29 is 14.2 Å². The Kier molecular flexibility index (Phi) is 7.45. The number of nitrogens with two attached hydrogens (primary N) is 1. The van der Waals surface area contributed by atoms with Crippen LogP contribution < -0.4 is 15.8 Å². The fourth-order valence-electron chi connectivity index (χ4n) is 3.07. The monoisotopic (exact) mass is 458 g/mol. The molecule has 0 spiro atoms. The number of halogens is 2. The molecule has 0 saturated carbocycles. The van der Waals surface area contributed by atoms with E-state index >= 15 is 0 Å². The summed E-state index contributed by atoms with van der Waals surface area (Å²) < 4.78 is 21.9. The quantitative estimate of drug-likeness (QED) is 0.334. The maximum atomic E-state index is 14.6. The van der Waals surface area contributed by atoms with Gasteiger partial charge in [0.2, 0.25) is 0 Å². The molecule has 1 unspecified atom stereocenters. The summed E-state index contributed by atoms with van der Waals surface area (Å²) in [6.07, 6.45) is 6.04. The predicted molar refractivity (Wildman–Crippen MR) is 125 cm³/mol. The topological polar surface area (TPSA) is 111 Å². The van der Waals surface area contributed by atoms with Crippen LogP contribution in [0.5, 0.6) is 11.5 Å². The van der Waals surface area contributed by atoms with Crippen LogP contribution in [0.3, 0.4) is 0 Å². The molecule has 3 aromatic rings. The maximum Gasteiger partial charge on any atom is 0.167 e. The number of hydrogen-bond donors (Lipinski definition) is 3. The second-order valence-electron chi connectivity index (χ2n) is 6.83. The summed E-state index contributed by atoms with van der Waals surface area (Å²) in [6, 6.07) is 5.72. The summed E-state index contributed by atoms with van der Waals surface area (Å²) in [6.45, 7) is 3.86. The third-order valence-corrected chi connectivity index (χ3v) is 5.05. The first-order valence-corrected chi connectivity index (χ1v) is 10.2. The van der Waals surface area contributed by atoms with Crippen molar-refractivity contribution in [3.05, 3.63) is 64.8 Å². The number of rotatable bonds is 8. The highest BCUT2D eigenvalue weighted by Gasteiger charge is 2.18. The molecule has 0 amide bonds. The lowest BCUT2D eigenvalue weighted by molar-refractivity contribution is 0.207. The molecule has 2 aromatic heterocycles. The predicted octanol–water partition coefficient (Wildman–Crippen LogP) is 4.67. The average molecular weight is 459 g/mol. The summed E-state index contributed by atoms with van der Waals surface area (Å²) in [5.74, 6) is -0.406. The zero-order valence-corrected chi connectivity index (χ0v) is 18.6. The number of benzene rings is 1. The van der Waals surface area contributed by atoms with E-state index in [9.17, 15) is 9.50 Å². The van der Waals surface area contributed by atoms with E-state index in [1.165, 1.54) is 24.4 Å². The molecule has 10 heteroatoms. The van der Waals surface area contributed by atoms with Crippen LogP contribution in [-0.2, 0) is 6.42 Å². The second-order valence-corrected chi connectivity index (χ2v) is 7.21. The SMILES string of the molecule is CCc1c(C(O)Nc2ccc(Oc3ccnc(N)c3Cl)c(F)c2)cnn1/C(C)=C/C=N\C. The van der Waals surface area contributed by atoms with E-state index in [0.717, 1.165) is 11.4 Å². The van der Waals surface area contributed by atoms with Gasteiger partial charge in [-0.25, -0.2) is 14.1 Å². The molecule has 0 aliphatic rings. The van der Waals surface area contributed by atoms with E-state index in [1.807, 2.05) is 19.9 Å². The van der Waals surface area contributed by atoms with E-state index in [-0.39, 0.29) is 22.3 Å². The van der Waals surface area contributed by atoms with Gasteiger partial charge >= 0.3 is 0 Å². The van der Waals surface area contributed by atoms with Crippen molar-refractivity contribution in [3.8, 4) is 11.5 Å². The standard InChI is InChI=1S/C22H24ClFN6O2/c1-4-17-15(12-28-30(17)13(2)7-9-26-3)22(31)29-14-5-6-18(16(24)11-14)32-19-8-10-27-21(25)20(19)23/h5-12,22,29,31H,4H2,1-3H3,(H2,25,27)/b13-7+,26-9-. The number of nitrogens with one attached hydrogen (secondary N) is 1. The van der Waals surface area contributed by atoms with Gasteiger partial charge in [0.05, 0.1) is 11.9 Å². The number of hydrogen-bond acceptors (Lipinski definition) is 7. The molecule has 3 rings (SSSR count). The van der Waals surface area contributed by atoms with Crippen LogP contribution in [0.4, 0.5) is 15.9 Å². The molecule has 0 fully saturated rings. The number of aliphatic hydroxyl groups is 1. The second kappa shape index (κ2) is 10.3. The molecule has 168 valence electrons. The lowest BCUT2D eigenvalue weighted by Gasteiger charge is -2.16. The van der Waals surface area contributed by atoms with Crippen LogP contribution in [0.25, 0.3) is 5.70 Å². The van der Waals surface area contributed by atoms with Gasteiger partial charge in [0.1, 0.15) is 10.8 Å². The van der Waals surface area contributed by atoms with Crippen molar-refractivity contribution in [1.82, 2.24) is 14.8 Å². The molecule has 1 aromatic carbocycles. The Morgan fingerprint density at radius 1 is 1.41 bits per heavy atom. The first kappa shape index (κ1) is 23.2. The Morgan fingerprint density at radius 2 is 2.19 bits per heavy atom. The molecule has 1 atom stereocenters. The lowest BCUT2D eigenvalue weighted by atomic mass is 10.1. The number of nitrogen functional groups attached to an aromatic ring is 1. The van der Waals surface area contributed by atoms with Crippen LogP contribution in [0.1, 0.15) is 31.3 Å². The van der Waals surface area contributed by atoms with Crippen molar-refractivity contribution in [3.63, 3.8) is 0 Å². The summed E-state index contributed by atoms with van der Waals surface area (Å²) >= 11 is 6.04. The lowest BCUT2D eigenvalue weighted by Crippen LogP contribution is -2.12. The van der Waals surface area contributed by atoms with E-state index < -0.39 is 12.0 Å². The fourth-order valence-corrected chi connectivity index (χ4v) is 3.22. The zero-order valence-electron chi connectivity index (χ0n) is 17.9. The van der Waals surface area contributed by atoms with Gasteiger partial charge in [-0.1, -0.05) is 18.5 Å². The van der Waals surface area contributed by atoms with Gasteiger partial charge in [-0.15, -0.1) is 0 Å². The molecule has 2 heterocycles. The van der Waals surface area contributed by atoms with Crippen LogP contribution in [-0.4, -0.2) is 33.1 Å². The van der Waals surface area contributed by atoms with Crippen molar-refractivity contribution in [1.29, 1.82) is 0 Å². The molecule has 32 heavy (non-hydrogen) atoms. The highest BCUT2D eigenvalue weighted by atomic mass is 35.5. The number of aromatic nitrogens is 3. The minimum absolute atomic E-state index is 0.0436. The molecule has 0 aliphatic heterocycles. The summed E-state index contributed by atoms with van der Waals surface area (Å²) in [5.41, 5.74) is 8.28. The number of ether oxygens (including phenoxy) is 1. The summed E-state index contributed by atoms with van der Waals surface area (Å²) in [4.78, 5) is 7.78. The van der Waals surface area contributed by atoms with Gasteiger partial charge in [0, 0.05) is 48.5 Å². The fraction of sp³-hybridized carbons (Fsp3) is 0.227. The molecule has 8 nitrogen and oxygen atoms in total. The van der Waals surface area contributed by atoms with Crippen LogP contribution >= 0.6 is 11.6 Å². The van der Waals surface area contributed by atoms with Gasteiger partial charge in [0.15, 0.2) is 23.5 Å². The van der Waals surface area contributed by atoms with Gasteiger partial charge in [-0.2, -0.15) is 5.10 Å². The minimum atomic E-state index is -1.09. The average Bonchev–Trinajstić information content (AvgIpc) is 3.21. The molecule has 0 aliphatic carbocycles. The summed E-state index contributed by atoms with van der Waals surface area (Å²) in [7, 11) is 1.68. The third-order valence-electron chi connectivity index (χ3n) is 4.67. The van der Waals surface area contributed by atoms with Crippen molar-refractivity contribution >= 4 is 35.0 Å². The zero-order chi connectivity index (χ0) is 23.3. The smallest absolute Gasteiger partial charge is 0.167 e. The van der Waals surface area contributed by atoms with Gasteiger partial charge in [-0.3, -0.25) is 4.99 Å². The minimum Gasteiger partial charge on any atom is -0.453 e. The molecular formula is C22H24ClFN6O2. The van der Waals surface area contributed by atoms with E-state index in [2.05, 4.69) is 20.4 Å². The first-order chi connectivity index (χ1) is 15.3. The molecule has 4 N–H and O–H groups in total. The Bertz CT molecular complexity index is 1160. The molecule has 0 radical (unpaired) electrons. The number of aliphatic imine (C=N–C) groups is 1. The van der Waals surface area contributed by atoms with E-state index in [0.29, 0.717) is 17.7 Å². The van der Waals surface area contributed by atoms with E-state index in [4.69, 9.17) is 22.1 Å². The Hall–Kier alpha value is -3.43. The molecule has 0 saturated heterocycles. The maximum absolute atomic E-state index is 14.6. The third kappa shape index (κ3) is 5.06. The Balaban J connectivity index is 1.79. The largest absolute Gasteiger partial charge is 0.453 e. The van der Waals surface area contributed by atoms with E-state index in [1.54, 1.807) is 30.2 Å². The van der Waals surface area contributed by atoms with Crippen molar-refractivity contribution in [2.24, 2.45) is 4.99 Å². The van der Waals surface area contributed by atoms with Crippen molar-refractivity contribution in [2.75, 3.05) is 18.1 Å². The van der Waals surface area contributed by atoms with Crippen molar-refractivity contribution in [2.45, 2.75) is 26.5 Å². The van der Waals surface area contributed by atoms with Gasteiger partial charge in [-0.05, 0) is 31.6 Å². The normalized spacial score (nSPS) is 12.9. The van der Waals surface area contributed by atoms with Crippen LogP contribution in [0.15, 0.2) is 47.7 Å². The number of anilines is 2. The highest BCUT2D eigenvalue weighted by molar-refractivity contribution is 6.34. The molecular weight excluding hydrogens is 435 g/mol. The Morgan fingerprint density at radius 3 is 2.88 bits per heavy atom. The number of allylic oxidation sites excluding steroid dienone is 2. The first-order valence-electron chi connectivity index (χ1n) is 9.83.